The Kier molecular flexibility index (Phi) is 4.03. The van der Waals surface area contributed by atoms with Crippen molar-refractivity contribution in [1.29, 1.82) is 0 Å². The summed E-state index contributed by atoms with van der Waals surface area (Å²) in [6, 6.07) is 7.27. The molecular formula is C15H23FN2. The number of likely N-dealkylation sites (tertiary alicyclic amines) is 1. The van der Waals surface area contributed by atoms with Gasteiger partial charge in [0.2, 0.25) is 0 Å². The van der Waals surface area contributed by atoms with Gasteiger partial charge in [-0.15, -0.1) is 0 Å². The smallest absolute Gasteiger partial charge is 0.127 e. The van der Waals surface area contributed by atoms with Gasteiger partial charge in [0, 0.05) is 30.2 Å². The van der Waals surface area contributed by atoms with E-state index in [2.05, 4.69) is 24.1 Å². The van der Waals surface area contributed by atoms with E-state index in [-0.39, 0.29) is 17.4 Å². The first-order valence-corrected chi connectivity index (χ1v) is 6.73. The molecule has 2 nitrogen and oxygen atoms in total. The van der Waals surface area contributed by atoms with Crippen LogP contribution in [-0.4, -0.2) is 30.6 Å². The molecule has 0 saturated carbocycles. The molecule has 1 aliphatic rings. The average molecular weight is 250 g/mol. The molecule has 1 unspecified atom stereocenters. The molecule has 1 aromatic rings. The highest BCUT2D eigenvalue weighted by atomic mass is 19.1. The molecule has 1 fully saturated rings. The predicted molar refractivity (Wildman–Crippen MR) is 73.1 cm³/mol. The fourth-order valence-electron chi connectivity index (χ4n) is 2.67. The summed E-state index contributed by atoms with van der Waals surface area (Å²) < 4.78 is 13.8. The van der Waals surface area contributed by atoms with Crippen LogP contribution in [0.15, 0.2) is 24.3 Å². The summed E-state index contributed by atoms with van der Waals surface area (Å²) in [5, 5.41) is 3.39. The van der Waals surface area contributed by atoms with Crippen molar-refractivity contribution in [2.45, 2.75) is 38.3 Å². The highest BCUT2D eigenvalue weighted by Gasteiger charge is 2.30. The van der Waals surface area contributed by atoms with E-state index in [4.69, 9.17) is 0 Å². The van der Waals surface area contributed by atoms with Gasteiger partial charge in [0.25, 0.3) is 0 Å². The minimum atomic E-state index is -0.0908. The first-order valence-electron chi connectivity index (χ1n) is 6.73. The number of benzene rings is 1. The number of nitrogens with zero attached hydrogens (tertiary/aromatic N) is 1. The number of rotatable bonds is 3. The molecule has 0 aliphatic carbocycles. The number of nitrogens with one attached hydrogen (secondary N) is 1. The van der Waals surface area contributed by atoms with Gasteiger partial charge in [0.05, 0.1) is 0 Å². The van der Waals surface area contributed by atoms with E-state index >= 15 is 0 Å². The number of piperidine rings is 1. The number of halogens is 1. The molecule has 1 heterocycles. The molecule has 0 bridgehead atoms. The number of hydrogen-bond acceptors (Lipinski definition) is 2. The lowest BCUT2D eigenvalue weighted by Crippen LogP contribution is -2.50. The van der Waals surface area contributed by atoms with E-state index in [0.29, 0.717) is 0 Å². The van der Waals surface area contributed by atoms with Crippen LogP contribution >= 0.6 is 0 Å². The Morgan fingerprint density at radius 3 is 2.44 bits per heavy atom. The van der Waals surface area contributed by atoms with Gasteiger partial charge < -0.3 is 5.32 Å². The SMILES string of the molecule is CNC1(C)CCN(C(C)c2ccccc2F)CC1. The van der Waals surface area contributed by atoms with Crippen LogP contribution in [0.5, 0.6) is 0 Å². The zero-order valence-corrected chi connectivity index (χ0v) is 11.5. The van der Waals surface area contributed by atoms with Gasteiger partial charge in [-0.3, -0.25) is 4.90 Å². The van der Waals surface area contributed by atoms with Crippen molar-refractivity contribution in [3.05, 3.63) is 35.6 Å². The third kappa shape index (κ3) is 2.73. The van der Waals surface area contributed by atoms with Gasteiger partial charge in [-0.1, -0.05) is 18.2 Å². The quantitative estimate of drug-likeness (QED) is 0.887. The zero-order chi connectivity index (χ0) is 13.2. The summed E-state index contributed by atoms with van der Waals surface area (Å²) in [6.45, 7) is 6.40. The second-order valence-electron chi connectivity index (χ2n) is 5.54. The van der Waals surface area contributed by atoms with Gasteiger partial charge >= 0.3 is 0 Å². The zero-order valence-electron chi connectivity index (χ0n) is 11.5. The first-order chi connectivity index (χ1) is 8.56. The maximum atomic E-state index is 13.8. The fraction of sp³-hybridized carbons (Fsp3) is 0.600. The highest BCUT2D eigenvalue weighted by Crippen LogP contribution is 2.29. The molecule has 2 rings (SSSR count). The van der Waals surface area contributed by atoms with Gasteiger partial charge in [-0.05, 0) is 39.8 Å². The molecule has 0 amide bonds. The number of hydrogen-bond donors (Lipinski definition) is 1. The fourth-order valence-corrected chi connectivity index (χ4v) is 2.67. The minimum Gasteiger partial charge on any atom is -0.314 e. The van der Waals surface area contributed by atoms with Crippen LogP contribution in [0.3, 0.4) is 0 Å². The Labute approximate surface area is 109 Å². The minimum absolute atomic E-state index is 0.0908. The second kappa shape index (κ2) is 5.37. The maximum Gasteiger partial charge on any atom is 0.127 e. The highest BCUT2D eigenvalue weighted by molar-refractivity contribution is 5.21. The van der Waals surface area contributed by atoms with Gasteiger partial charge in [0.1, 0.15) is 5.82 Å². The van der Waals surface area contributed by atoms with Crippen LogP contribution in [0.4, 0.5) is 4.39 Å². The third-order valence-corrected chi connectivity index (χ3v) is 4.41. The monoisotopic (exact) mass is 250 g/mol. The van der Waals surface area contributed by atoms with E-state index in [1.54, 1.807) is 12.1 Å². The molecule has 0 radical (unpaired) electrons. The van der Waals surface area contributed by atoms with Crippen molar-refractivity contribution in [2.75, 3.05) is 20.1 Å². The molecule has 1 aromatic carbocycles. The van der Waals surface area contributed by atoms with Crippen molar-refractivity contribution in [2.24, 2.45) is 0 Å². The van der Waals surface area contributed by atoms with E-state index in [9.17, 15) is 4.39 Å². The molecule has 0 spiro atoms. The molecule has 0 aromatic heterocycles. The van der Waals surface area contributed by atoms with Gasteiger partial charge in [0.15, 0.2) is 0 Å². The summed E-state index contributed by atoms with van der Waals surface area (Å²) in [7, 11) is 2.02. The Morgan fingerprint density at radius 2 is 1.89 bits per heavy atom. The Bertz CT molecular complexity index is 397. The van der Waals surface area contributed by atoms with Crippen molar-refractivity contribution < 1.29 is 4.39 Å². The summed E-state index contributed by atoms with van der Waals surface area (Å²) in [5.74, 6) is -0.0908. The standard InChI is InChI=1S/C15H23FN2/c1-12(13-6-4-5-7-14(13)16)18-10-8-15(2,17-3)9-11-18/h4-7,12,17H,8-11H2,1-3H3. The Morgan fingerprint density at radius 1 is 1.28 bits per heavy atom. The molecule has 1 N–H and O–H groups in total. The van der Waals surface area contributed by atoms with E-state index in [1.165, 1.54) is 0 Å². The molecule has 1 saturated heterocycles. The lowest BCUT2D eigenvalue weighted by atomic mass is 9.88. The van der Waals surface area contributed by atoms with Gasteiger partial charge in [-0.25, -0.2) is 4.39 Å². The van der Waals surface area contributed by atoms with Crippen LogP contribution in [0.25, 0.3) is 0 Å². The van der Waals surface area contributed by atoms with Crippen molar-refractivity contribution >= 4 is 0 Å². The van der Waals surface area contributed by atoms with Crippen molar-refractivity contribution in [3.8, 4) is 0 Å². The van der Waals surface area contributed by atoms with Gasteiger partial charge in [-0.2, -0.15) is 0 Å². The van der Waals surface area contributed by atoms with Crippen LogP contribution in [-0.2, 0) is 0 Å². The maximum absolute atomic E-state index is 13.8. The van der Waals surface area contributed by atoms with E-state index in [0.717, 1.165) is 31.5 Å². The lowest BCUT2D eigenvalue weighted by molar-refractivity contribution is 0.116. The molecule has 18 heavy (non-hydrogen) atoms. The third-order valence-electron chi connectivity index (χ3n) is 4.41. The van der Waals surface area contributed by atoms with E-state index in [1.807, 2.05) is 19.2 Å². The molecular weight excluding hydrogens is 227 g/mol. The summed E-state index contributed by atoms with van der Waals surface area (Å²) >= 11 is 0. The summed E-state index contributed by atoms with van der Waals surface area (Å²) in [5.41, 5.74) is 1.05. The predicted octanol–water partition coefficient (Wildman–Crippen LogP) is 2.96. The molecule has 3 heteroatoms. The topological polar surface area (TPSA) is 15.3 Å². The average Bonchev–Trinajstić information content (AvgIpc) is 2.39. The Balaban J connectivity index is 2.04. The summed E-state index contributed by atoms with van der Waals surface area (Å²) in [4.78, 5) is 2.37. The Hall–Kier alpha value is -0.930. The second-order valence-corrected chi connectivity index (χ2v) is 5.54. The molecule has 100 valence electrons. The van der Waals surface area contributed by atoms with Crippen LogP contribution in [0.2, 0.25) is 0 Å². The lowest BCUT2D eigenvalue weighted by Gasteiger charge is -2.42. The summed E-state index contributed by atoms with van der Waals surface area (Å²) in [6.07, 6.45) is 2.23. The first kappa shape index (κ1) is 13.5. The largest absolute Gasteiger partial charge is 0.314 e. The normalized spacial score (nSPS) is 21.8. The molecule has 1 aliphatic heterocycles. The van der Waals surface area contributed by atoms with E-state index < -0.39 is 0 Å². The molecule has 1 atom stereocenters. The van der Waals surface area contributed by atoms with Crippen molar-refractivity contribution in [1.82, 2.24) is 10.2 Å². The van der Waals surface area contributed by atoms with Crippen LogP contribution in [0, 0.1) is 5.82 Å². The van der Waals surface area contributed by atoms with Crippen LogP contribution < -0.4 is 5.32 Å². The van der Waals surface area contributed by atoms with Crippen LogP contribution in [0.1, 0.15) is 38.3 Å². The van der Waals surface area contributed by atoms with Crippen molar-refractivity contribution in [3.63, 3.8) is 0 Å².